The summed E-state index contributed by atoms with van der Waals surface area (Å²) in [5.74, 6) is 0. The number of rotatable bonds is 7. The number of benzene rings is 10. The molecule has 0 aliphatic rings. The molecule has 2 aromatic heterocycles. The van der Waals surface area contributed by atoms with Crippen LogP contribution in [-0.4, -0.2) is 9.13 Å². The molecule has 2 heterocycles. The Morgan fingerprint density at radius 3 is 0.837 bits per heavy atom. The standard InChI is InChI=1S/C74H26F3N15/c75-74(76,77)63-3-1-2-57(73(63)92-67-12-7-47(71-53(36-87)18-43(30-81)19-54(71)37-88)25-61(67)62-26-48(8-13-68(62)92)72-55(38-89)20-44(31-82)21-56(72)39-90)58-22-40(27-78)4-9-64(58)91-65-10-5-45(69-49(32-83)14-41(28-79)15-50(69)33-84)23-59(65)60-24-46(6-11-66(60)91)70-51(34-85)16-42(29-80)17-52(70)35-86/h1-26H. The molecule has 418 valence electrons. The van der Waals surface area contributed by atoms with Gasteiger partial charge in [-0.3, -0.25) is 0 Å². The molecular weight excluding hydrogens is 1160 g/mol. The summed E-state index contributed by atoms with van der Waals surface area (Å²) in [5, 5.41) is 135. The number of para-hydroxylation sites is 1. The van der Waals surface area contributed by atoms with Crippen LogP contribution in [0.1, 0.15) is 77.9 Å². The first kappa shape index (κ1) is 57.4. The van der Waals surface area contributed by atoms with Crippen molar-refractivity contribution < 1.29 is 13.2 Å². The fourth-order valence-corrected chi connectivity index (χ4v) is 12.2. The van der Waals surface area contributed by atoms with Gasteiger partial charge < -0.3 is 9.13 Å². The van der Waals surface area contributed by atoms with Gasteiger partial charge in [0, 0.05) is 54.9 Å². The average Bonchev–Trinajstić information content (AvgIpc) is 1.55. The van der Waals surface area contributed by atoms with E-state index >= 15 is 13.2 Å². The lowest BCUT2D eigenvalue weighted by atomic mass is 9.91. The molecule has 0 atom stereocenters. The van der Waals surface area contributed by atoms with Crippen molar-refractivity contribution in [2.24, 2.45) is 0 Å². The zero-order valence-electron chi connectivity index (χ0n) is 46.9. The number of aromatic nitrogens is 2. The molecule has 0 fully saturated rings. The highest BCUT2D eigenvalue weighted by molar-refractivity contribution is 6.15. The second-order valence-corrected chi connectivity index (χ2v) is 20.8. The number of fused-ring (bicyclic) bond motifs is 6. The lowest BCUT2D eigenvalue weighted by Gasteiger charge is -2.22. The SMILES string of the molecule is N#Cc1cc(C#N)c(-c2ccc3c(c2)c2cc(-c4c(C#N)cc(C#N)cc4C#N)ccc2n3-c2ccc(C#N)cc2-c2cccc(C(F)(F)F)c2-n2c3ccc(-c4c(C#N)cc(C#N)cc4C#N)cc3c3cc(-c4c(C#N)cc(C#N)cc4C#N)ccc32)c(C#N)c1. The van der Waals surface area contributed by atoms with E-state index in [9.17, 15) is 68.4 Å². The molecule has 18 heteroatoms. The van der Waals surface area contributed by atoms with Crippen LogP contribution in [0.25, 0.3) is 111 Å². The van der Waals surface area contributed by atoms with Gasteiger partial charge in [-0.1, -0.05) is 36.4 Å². The van der Waals surface area contributed by atoms with E-state index in [1.807, 2.05) is 24.3 Å². The van der Waals surface area contributed by atoms with Crippen molar-refractivity contribution in [2.75, 3.05) is 0 Å². The smallest absolute Gasteiger partial charge is 0.309 e. The summed E-state index contributed by atoms with van der Waals surface area (Å²) in [6, 6.07) is 64.6. The Morgan fingerprint density at radius 1 is 0.272 bits per heavy atom. The van der Waals surface area contributed by atoms with Crippen LogP contribution in [-0.2, 0) is 6.18 Å². The van der Waals surface area contributed by atoms with Crippen LogP contribution in [0.3, 0.4) is 0 Å². The number of alkyl halides is 3. The van der Waals surface area contributed by atoms with Crippen molar-refractivity contribution >= 4 is 43.6 Å². The van der Waals surface area contributed by atoms with Crippen LogP contribution in [0, 0.1) is 147 Å². The summed E-state index contributed by atoms with van der Waals surface area (Å²) < 4.78 is 52.4. The van der Waals surface area contributed by atoms with E-state index < -0.39 is 17.4 Å². The molecule has 0 N–H and O–H groups in total. The van der Waals surface area contributed by atoms with Crippen LogP contribution >= 0.6 is 0 Å². The number of nitrogens with zero attached hydrogens (tertiary/aromatic N) is 15. The molecule has 0 saturated carbocycles. The van der Waals surface area contributed by atoms with E-state index in [0.717, 1.165) is 6.07 Å². The van der Waals surface area contributed by atoms with Crippen molar-refractivity contribution in [3.8, 4) is 146 Å². The van der Waals surface area contributed by atoms with Gasteiger partial charge in [0.1, 0.15) is 0 Å². The fourth-order valence-electron chi connectivity index (χ4n) is 12.2. The van der Waals surface area contributed by atoms with E-state index in [2.05, 4.69) is 54.6 Å². The van der Waals surface area contributed by atoms with Crippen LogP contribution < -0.4 is 0 Å². The van der Waals surface area contributed by atoms with Gasteiger partial charge in [0.15, 0.2) is 0 Å². The molecule has 0 saturated heterocycles. The highest BCUT2D eigenvalue weighted by Gasteiger charge is 2.37. The first-order valence-corrected chi connectivity index (χ1v) is 27.1. The van der Waals surface area contributed by atoms with Crippen molar-refractivity contribution in [3.63, 3.8) is 0 Å². The molecule has 12 aromatic rings. The lowest BCUT2D eigenvalue weighted by Crippen LogP contribution is -2.12. The summed E-state index contributed by atoms with van der Waals surface area (Å²) in [7, 11) is 0. The number of halogens is 3. The van der Waals surface area contributed by atoms with Crippen LogP contribution in [0.4, 0.5) is 13.2 Å². The first-order chi connectivity index (χ1) is 44.6. The highest BCUT2D eigenvalue weighted by atomic mass is 19.4. The topological polar surface area (TPSA) is 319 Å². The van der Waals surface area contributed by atoms with Gasteiger partial charge in [-0.25, -0.2) is 0 Å². The van der Waals surface area contributed by atoms with E-state index in [0.29, 0.717) is 32.9 Å². The van der Waals surface area contributed by atoms with Gasteiger partial charge in [0.05, 0.1) is 190 Å². The highest BCUT2D eigenvalue weighted by Crippen LogP contribution is 2.48. The monoisotopic (exact) mass is 1180 g/mol. The zero-order chi connectivity index (χ0) is 64.9. The van der Waals surface area contributed by atoms with Gasteiger partial charge >= 0.3 is 6.18 Å². The Kier molecular flexibility index (Phi) is 14.0. The summed E-state index contributed by atoms with van der Waals surface area (Å²) in [4.78, 5) is 0. The van der Waals surface area contributed by atoms with E-state index in [1.54, 1.807) is 59.2 Å². The maximum Gasteiger partial charge on any atom is 0.418 e. The summed E-state index contributed by atoms with van der Waals surface area (Å²) >= 11 is 0. The third-order valence-corrected chi connectivity index (χ3v) is 15.9. The van der Waals surface area contributed by atoms with Crippen LogP contribution in [0.2, 0.25) is 0 Å². The molecule has 0 unspecified atom stereocenters. The predicted molar refractivity (Wildman–Crippen MR) is 329 cm³/mol. The minimum Gasteiger partial charge on any atom is -0.309 e. The molecule has 0 aliphatic heterocycles. The molecule has 0 bridgehead atoms. The molecular formula is C74H26F3N15. The molecule has 12 rings (SSSR count). The molecule has 15 nitrogen and oxygen atoms in total. The first-order valence-electron chi connectivity index (χ1n) is 27.1. The number of hydrogen-bond acceptors (Lipinski definition) is 13. The van der Waals surface area contributed by atoms with Gasteiger partial charge in [0.2, 0.25) is 0 Å². The Labute approximate surface area is 519 Å². The minimum absolute atomic E-state index is 0.00410. The summed E-state index contributed by atoms with van der Waals surface area (Å²) in [6.45, 7) is 0. The normalized spacial score (nSPS) is 10.6. The summed E-state index contributed by atoms with van der Waals surface area (Å²) in [6.07, 6.45) is -5.11. The largest absolute Gasteiger partial charge is 0.418 e. The Morgan fingerprint density at radius 2 is 0.565 bits per heavy atom. The third kappa shape index (κ3) is 9.13. The van der Waals surface area contributed by atoms with E-state index in [4.69, 9.17) is 0 Å². The minimum atomic E-state index is -5.11. The molecule has 0 amide bonds. The van der Waals surface area contributed by atoms with E-state index in [1.165, 1.54) is 102 Å². The Hall–Kier alpha value is -15.0. The van der Waals surface area contributed by atoms with Crippen molar-refractivity contribution in [2.45, 2.75) is 6.18 Å². The zero-order valence-corrected chi connectivity index (χ0v) is 46.9. The quantitative estimate of drug-likeness (QED) is 0.143. The maximum atomic E-state index is 16.4. The molecule has 92 heavy (non-hydrogen) atoms. The van der Waals surface area contributed by atoms with Crippen molar-refractivity contribution in [1.82, 2.24) is 9.13 Å². The lowest BCUT2D eigenvalue weighted by molar-refractivity contribution is -0.137. The Bertz CT molecular complexity index is 5560. The molecule has 0 aliphatic carbocycles. The van der Waals surface area contributed by atoms with Crippen molar-refractivity contribution in [1.29, 1.82) is 68.4 Å². The van der Waals surface area contributed by atoms with Crippen LogP contribution in [0.15, 0.2) is 158 Å². The number of nitriles is 13. The van der Waals surface area contributed by atoms with Gasteiger partial charge in [-0.15, -0.1) is 0 Å². The third-order valence-electron chi connectivity index (χ3n) is 15.9. The fraction of sp³-hybridized carbons (Fsp3) is 0.0135. The predicted octanol–water partition coefficient (Wildman–Crippen LogP) is 15.6. The number of hydrogen-bond donors (Lipinski definition) is 0. The average molecular weight is 1180 g/mol. The maximum absolute atomic E-state index is 16.4. The summed E-state index contributed by atoms with van der Waals surface area (Å²) in [5.41, 5.74) is 1.64. The van der Waals surface area contributed by atoms with Gasteiger partial charge in [-0.05, 0) is 144 Å². The van der Waals surface area contributed by atoms with Crippen molar-refractivity contribution in [3.05, 3.63) is 236 Å². The Balaban J connectivity index is 1.21. The second-order valence-electron chi connectivity index (χ2n) is 20.8. The van der Waals surface area contributed by atoms with Crippen LogP contribution in [0.5, 0.6) is 0 Å². The van der Waals surface area contributed by atoms with Gasteiger partial charge in [0.25, 0.3) is 0 Å². The molecule has 0 spiro atoms. The molecule has 0 radical (unpaired) electrons. The van der Waals surface area contributed by atoms with Gasteiger partial charge in [-0.2, -0.15) is 81.6 Å². The second kappa shape index (κ2) is 22.4. The molecule has 10 aromatic carbocycles. The van der Waals surface area contributed by atoms with E-state index in [-0.39, 0.29) is 144 Å².